The fraction of sp³-hybridized carbons (Fsp3) is 0.435. The molecule has 0 bridgehead atoms. The number of hydrogen-bond acceptors (Lipinski definition) is 24. The third kappa shape index (κ3) is 16.8. The highest BCUT2D eigenvalue weighted by atomic mass is 32.2. The van der Waals surface area contributed by atoms with Gasteiger partial charge in [0.2, 0.25) is 42.4 Å². The summed E-state index contributed by atoms with van der Waals surface area (Å²) in [6, 6.07) is 15.2. The first kappa shape index (κ1) is 68.4. The molecule has 9 rings (SSSR count). The smallest absolute Gasteiger partial charge is 0.457 e. The van der Waals surface area contributed by atoms with Crippen LogP contribution in [-0.4, -0.2) is 154 Å². The van der Waals surface area contributed by atoms with Crippen LogP contribution in [-0.2, 0) is 108 Å². The van der Waals surface area contributed by atoms with Gasteiger partial charge in [-0.25, -0.2) is 51.0 Å². The van der Waals surface area contributed by atoms with E-state index in [9.17, 15) is 50.4 Å². The number of ketones is 2. The molecule has 31 heteroatoms. The van der Waals surface area contributed by atoms with Crippen LogP contribution in [0, 0.1) is 5.92 Å². The van der Waals surface area contributed by atoms with Gasteiger partial charge in [-0.05, 0) is 87.9 Å². The summed E-state index contributed by atoms with van der Waals surface area (Å²) < 4.78 is 86.6. The van der Waals surface area contributed by atoms with E-state index in [0.717, 1.165) is 29.0 Å². The molecule has 2 amide bonds. The molecule has 2 aliphatic heterocycles. The van der Waals surface area contributed by atoms with E-state index in [2.05, 4.69) is 35.9 Å². The Morgan fingerprint density at radius 2 is 1.66 bits per heavy atom. The van der Waals surface area contributed by atoms with Gasteiger partial charge in [-0.1, -0.05) is 48.9 Å². The molecule has 2 aliphatic rings. The number of oxazole rings is 1. The van der Waals surface area contributed by atoms with Crippen LogP contribution in [0.1, 0.15) is 110 Å². The highest BCUT2D eigenvalue weighted by Crippen LogP contribution is 2.42. The van der Waals surface area contributed by atoms with Crippen LogP contribution in [0.15, 0.2) is 93.8 Å². The zero-order valence-electron chi connectivity index (χ0n) is 52.0. The van der Waals surface area contributed by atoms with Crippen molar-refractivity contribution in [2.75, 3.05) is 57.3 Å². The zero-order chi connectivity index (χ0) is 66.6. The van der Waals surface area contributed by atoms with Crippen molar-refractivity contribution in [3.05, 3.63) is 129 Å². The number of carbonyl (C=O) groups excluding carboxylic acids is 6. The van der Waals surface area contributed by atoms with Crippen LogP contribution < -0.4 is 21.9 Å². The number of aromatic nitrogens is 8. The summed E-state index contributed by atoms with van der Waals surface area (Å²) in [5.74, 6) is -3.18. The molecule has 0 saturated heterocycles. The Bertz CT molecular complexity index is 4210. The molecule has 0 saturated carbocycles. The maximum absolute atomic E-state index is 14.4. The molecular weight excluding hydrogens is 1250 g/mol. The standard InChI is InChI=1S/C62H72N12O17S2/c1-6-62(50-27-53-54-48(32-73(53)58(79)49(50)36-89-59(62)80)46(47-14-7-8-15-51(47)68-54)20-22-74(38(2)3)93(5,84)85)91-61(81)90-33-39-16-18-42(19-17-39)67-55(77)40(12-9-10-21-63)26-45(76)35-87-34-44(75)13-11-24-86-25-23-72-31-43(70-71-72)30-64-56(78)52-37-88-57(69-52)41-28-65-60(66-29-41)92(4,82)83/h7-8,14-19,27-29,31,37-38,40H,6,9-13,20-26,30,32-36,63H2,1-5H3,(H,64,78)(H,67,77)/t40-,62+/m1/s1. The second-order valence-electron chi connectivity index (χ2n) is 22.7. The number of ether oxygens (including phenoxy) is 5. The van der Waals surface area contributed by atoms with E-state index >= 15 is 0 Å². The van der Waals surface area contributed by atoms with Crippen molar-refractivity contribution >= 4 is 72.0 Å². The number of nitrogens with one attached hydrogen (secondary N) is 2. The Hall–Kier alpha value is -9.01. The molecule has 0 fully saturated rings. The molecule has 0 unspecified atom stereocenters. The number of sulfonamides is 1. The van der Waals surface area contributed by atoms with Gasteiger partial charge >= 0.3 is 12.1 Å². The van der Waals surface area contributed by atoms with Gasteiger partial charge in [0, 0.05) is 78.8 Å². The minimum absolute atomic E-state index is 0.0233. The highest BCUT2D eigenvalue weighted by molar-refractivity contribution is 7.90. The van der Waals surface area contributed by atoms with E-state index in [1.165, 1.54) is 32.2 Å². The van der Waals surface area contributed by atoms with Crippen molar-refractivity contribution in [2.24, 2.45) is 11.7 Å². The number of sulfone groups is 1. The second kappa shape index (κ2) is 30.2. The Morgan fingerprint density at radius 3 is 2.38 bits per heavy atom. The van der Waals surface area contributed by atoms with Gasteiger partial charge in [-0.3, -0.25) is 24.0 Å². The Balaban J connectivity index is 0.701. The molecule has 4 N–H and O–H groups in total. The van der Waals surface area contributed by atoms with E-state index in [0.29, 0.717) is 79.0 Å². The van der Waals surface area contributed by atoms with E-state index in [1.807, 2.05) is 24.3 Å². The molecule has 29 nitrogen and oxygen atoms in total. The lowest BCUT2D eigenvalue weighted by molar-refractivity contribution is -0.175. The van der Waals surface area contributed by atoms with Crippen LogP contribution in [0.3, 0.4) is 0 Å². The number of Topliss-reactive ketones (excluding diaryl/α,β-unsaturated/α-hetero) is 2. The van der Waals surface area contributed by atoms with Crippen molar-refractivity contribution in [3.8, 4) is 22.8 Å². The monoisotopic (exact) mass is 1320 g/mol. The van der Waals surface area contributed by atoms with Gasteiger partial charge in [-0.15, -0.1) is 5.10 Å². The third-order valence-electron chi connectivity index (χ3n) is 15.6. The molecule has 7 aromatic rings. The summed E-state index contributed by atoms with van der Waals surface area (Å²) in [5, 5.41) is 14.0. The number of fused-ring (bicyclic) bond motifs is 5. The zero-order valence-corrected chi connectivity index (χ0v) is 53.6. The first-order valence-electron chi connectivity index (χ1n) is 30.1. The first-order valence-corrected chi connectivity index (χ1v) is 33.8. The average Bonchev–Trinajstić information content (AvgIpc) is 1.67. The van der Waals surface area contributed by atoms with Gasteiger partial charge in [-0.2, -0.15) is 4.31 Å². The van der Waals surface area contributed by atoms with Gasteiger partial charge in [0.15, 0.2) is 17.3 Å². The van der Waals surface area contributed by atoms with Gasteiger partial charge in [0.1, 0.15) is 38.4 Å². The number of rotatable bonds is 33. The second-order valence-corrected chi connectivity index (χ2v) is 26.6. The fourth-order valence-electron chi connectivity index (χ4n) is 10.9. The van der Waals surface area contributed by atoms with Crippen molar-refractivity contribution in [1.29, 1.82) is 0 Å². The Morgan fingerprint density at radius 1 is 0.903 bits per heavy atom. The number of anilines is 1. The van der Waals surface area contributed by atoms with Crippen LogP contribution in [0.4, 0.5) is 10.5 Å². The lowest BCUT2D eigenvalue weighted by Crippen LogP contribution is -2.47. The van der Waals surface area contributed by atoms with Crippen LogP contribution in [0.2, 0.25) is 0 Å². The average molecular weight is 1320 g/mol. The Kier molecular flexibility index (Phi) is 22.2. The van der Waals surface area contributed by atoms with Crippen molar-refractivity contribution in [2.45, 2.75) is 122 Å². The number of unbranched alkanes of at least 4 members (excludes halogenated alkanes) is 1. The summed E-state index contributed by atoms with van der Waals surface area (Å²) in [6.07, 6.45) is 8.32. The number of nitrogens with zero attached hydrogens (tertiary/aromatic N) is 9. The first-order chi connectivity index (χ1) is 44.5. The number of benzene rings is 2. The summed E-state index contributed by atoms with van der Waals surface area (Å²) in [5.41, 5.74) is 8.12. The van der Waals surface area contributed by atoms with E-state index in [4.69, 9.17) is 38.8 Å². The minimum Gasteiger partial charge on any atom is -0.457 e. The van der Waals surface area contributed by atoms with E-state index in [1.54, 1.807) is 57.3 Å². The number of pyridine rings is 2. The normalized spacial score (nSPS) is 14.7. The number of esters is 1. The molecule has 2 aromatic carbocycles. The predicted octanol–water partition coefficient (Wildman–Crippen LogP) is 4.75. The van der Waals surface area contributed by atoms with Crippen molar-refractivity contribution in [3.63, 3.8) is 0 Å². The molecule has 5 aromatic heterocycles. The number of carbonyl (C=O) groups is 6. The number of cyclic esters (lactones) is 1. The number of para-hydroxylation sites is 1. The highest BCUT2D eigenvalue weighted by Gasteiger charge is 2.51. The summed E-state index contributed by atoms with van der Waals surface area (Å²) in [6.45, 7) is 5.47. The quantitative estimate of drug-likeness (QED) is 0.0284. The maximum Gasteiger partial charge on any atom is 0.510 e. The molecule has 0 radical (unpaired) electrons. The predicted molar refractivity (Wildman–Crippen MR) is 333 cm³/mol. The molecule has 7 heterocycles. The van der Waals surface area contributed by atoms with E-state index in [-0.39, 0.29) is 130 Å². The molecule has 494 valence electrons. The topological polar surface area (TPSA) is 388 Å². The molecule has 2 atom stereocenters. The maximum atomic E-state index is 14.4. The number of amides is 2. The van der Waals surface area contributed by atoms with Gasteiger partial charge < -0.3 is 49.0 Å². The van der Waals surface area contributed by atoms with Crippen LogP contribution in [0.5, 0.6) is 0 Å². The van der Waals surface area contributed by atoms with Crippen LogP contribution in [0.25, 0.3) is 33.7 Å². The minimum atomic E-state index is -3.60. The van der Waals surface area contributed by atoms with E-state index < -0.39 is 60.9 Å². The molecule has 0 aliphatic carbocycles. The number of hydrogen-bond donors (Lipinski definition) is 3. The Labute approximate surface area is 535 Å². The van der Waals surface area contributed by atoms with Gasteiger partial charge in [0.05, 0.1) is 66.7 Å². The summed E-state index contributed by atoms with van der Waals surface area (Å²) in [7, 11) is -7.14. The molecule has 0 spiro atoms. The summed E-state index contributed by atoms with van der Waals surface area (Å²) in [4.78, 5) is 110. The lowest BCUT2D eigenvalue weighted by Gasteiger charge is -2.35. The number of nitrogens with two attached hydrogens (primary N) is 1. The van der Waals surface area contributed by atoms with Crippen LogP contribution >= 0.6 is 0 Å². The summed E-state index contributed by atoms with van der Waals surface area (Å²) >= 11 is 0. The largest absolute Gasteiger partial charge is 0.510 e. The third-order valence-corrected chi connectivity index (χ3v) is 18.0. The fourth-order valence-corrected chi connectivity index (χ4v) is 12.6. The lowest BCUT2D eigenvalue weighted by atomic mass is 9.85. The molecular formula is C62H72N12O17S2. The molecule has 93 heavy (non-hydrogen) atoms. The van der Waals surface area contributed by atoms with Crippen molar-refractivity contribution in [1.82, 2.24) is 49.1 Å². The van der Waals surface area contributed by atoms with Gasteiger partial charge in [0.25, 0.3) is 11.5 Å². The van der Waals surface area contributed by atoms with Crippen molar-refractivity contribution < 1.29 is 73.7 Å². The SMILES string of the molecule is CC[C@@]1(OC(=O)OCc2ccc(NC(=O)[C@H](CCCCN)CC(=O)COCC(=O)CCCOCCn3cc(CNC(=O)c4coc(-c5cnc(S(C)(=O)=O)nc5)n4)nn3)cc2)C(=O)OCc2c1cc1n(c2=O)Cc2c-1nc1ccccc1c2CCN(C(C)C)S(C)(=O)=O.